The molecule has 1 unspecified atom stereocenters. The van der Waals surface area contributed by atoms with Gasteiger partial charge in [0.2, 0.25) is 5.91 Å². The van der Waals surface area contributed by atoms with Gasteiger partial charge in [0.05, 0.1) is 24.0 Å². The van der Waals surface area contributed by atoms with Gasteiger partial charge in [0.25, 0.3) is 0 Å². The largest absolute Gasteiger partial charge is 0.464 e. The predicted molar refractivity (Wildman–Crippen MR) is 102 cm³/mol. The molecule has 0 bridgehead atoms. The highest BCUT2D eigenvalue weighted by Crippen LogP contribution is 2.49. The van der Waals surface area contributed by atoms with Crippen LogP contribution in [0.15, 0.2) is 10.6 Å². The highest BCUT2D eigenvalue weighted by atomic mass is 33.1. The van der Waals surface area contributed by atoms with Gasteiger partial charge < -0.3 is 9.16 Å². The first kappa shape index (κ1) is 20.7. The number of carbonyl (C=O) groups excluding carboxylic acids is 2. The van der Waals surface area contributed by atoms with Crippen LogP contribution >= 0.6 is 10.8 Å². The molecule has 2 aliphatic heterocycles. The van der Waals surface area contributed by atoms with Crippen molar-refractivity contribution in [1.82, 2.24) is 4.90 Å². The van der Waals surface area contributed by atoms with Crippen molar-refractivity contribution in [3.8, 4) is 0 Å². The van der Waals surface area contributed by atoms with Crippen LogP contribution in [0.3, 0.4) is 0 Å². The zero-order valence-corrected chi connectivity index (χ0v) is 18.7. The van der Waals surface area contributed by atoms with Gasteiger partial charge in [0, 0.05) is 0 Å². The lowest BCUT2D eigenvalue weighted by atomic mass is 9.92. The molecule has 2 aliphatic rings. The van der Waals surface area contributed by atoms with Crippen molar-refractivity contribution in [3.05, 3.63) is 10.6 Å². The zero-order valence-electron chi connectivity index (χ0n) is 16.0. The van der Waals surface area contributed by atoms with Gasteiger partial charge in [-0.15, -0.1) is 0 Å². The smallest absolute Gasteiger partial charge is 0.355 e. The Morgan fingerprint density at radius 2 is 1.92 bits per heavy atom. The molecule has 2 heterocycles. The average molecular weight is 406 g/mol. The summed E-state index contributed by atoms with van der Waals surface area (Å²) in [6.07, 6.45) is -0.295. The van der Waals surface area contributed by atoms with Gasteiger partial charge in [0.15, 0.2) is 8.32 Å². The van der Waals surface area contributed by atoms with Gasteiger partial charge in [-0.05, 0) is 42.8 Å². The van der Waals surface area contributed by atoms with E-state index in [4.69, 9.17) is 9.16 Å². The van der Waals surface area contributed by atoms with Crippen molar-refractivity contribution in [2.45, 2.75) is 64.2 Å². The Kier molecular flexibility index (Phi) is 5.64. The molecule has 0 radical (unpaired) electrons. The highest BCUT2D eigenvalue weighted by Gasteiger charge is 2.58. The van der Waals surface area contributed by atoms with Crippen molar-refractivity contribution in [2.24, 2.45) is 5.92 Å². The van der Waals surface area contributed by atoms with E-state index in [1.165, 1.54) is 22.8 Å². The predicted octanol–water partition coefficient (Wildman–Crippen LogP) is 3.00. The lowest BCUT2D eigenvalue weighted by Crippen LogP contribution is -2.65. The standard InChI is InChI=1S/C16H27NO5S2Si/c1-9(22-25(7,8)16(3,4)5)11-13(18)17-12(15(19)21-6)10(2)24(20)23-14(11)17/h9,11,14H,1-8H3/t9-,11+,14-,24?/m1/s1. The Morgan fingerprint density at radius 1 is 1.36 bits per heavy atom. The number of allylic oxidation sites excluding steroid dienone is 1. The number of rotatable bonds is 4. The molecule has 1 saturated heterocycles. The Balaban J connectivity index is 2.25. The van der Waals surface area contributed by atoms with Gasteiger partial charge in [0.1, 0.15) is 20.9 Å². The molecule has 0 aliphatic carbocycles. The number of methoxy groups -OCH3 is 1. The van der Waals surface area contributed by atoms with Gasteiger partial charge >= 0.3 is 5.97 Å². The molecule has 2 rings (SSSR count). The van der Waals surface area contributed by atoms with E-state index in [1.54, 1.807) is 6.92 Å². The second-order valence-corrected chi connectivity index (χ2v) is 15.9. The van der Waals surface area contributed by atoms with E-state index < -0.39 is 30.0 Å². The van der Waals surface area contributed by atoms with E-state index in [0.717, 1.165) is 0 Å². The summed E-state index contributed by atoms with van der Waals surface area (Å²) in [5, 5.41) is -0.324. The fourth-order valence-corrected chi connectivity index (χ4v) is 7.39. The van der Waals surface area contributed by atoms with Crippen LogP contribution in [-0.4, -0.2) is 47.9 Å². The van der Waals surface area contributed by atoms with Crippen molar-refractivity contribution >= 4 is 40.8 Å². The van der Waals surface area contributed by atoms with E-state index in [2.05, 4.69) is 33.9 Å². The maximum Gasteiger partial charge on any atom is 0.355 e. The summed E-state index contributed by atoms with van der Waals surface area (Å²) in [6.45, 7) is 14.2. The summed E-state index contributed by atoms with van der Waals surface area (Å²) in [6, 6.07) is 0. The van der Waals surface area contributed by atoms with E-state index in [-0.39, 0.29) is 28.1 Å². The van der Waals surface area contributed by atoms with Crippen molar-refractivity contribution in [3.63, 3.8) is 0 Å². The van der Waals surface area contributed by atoms with Crippen molar-refractivity contribution in [1.29, 1.82) is 0 Å². The molecule has 6 nitrogen and oxygen atoms in total. The second-order valence-electron chi connectivity index (χ2n) is 7.94. The second kappa shape index (κ2) is 6.83. The normalized spacial score (nSPS) is 28.4. The average Bonchev–Trinajstić information content (AvgIpc) is 2.47. The molecule has 0 N–H and O–H groups in total. The molecular formula is C16H27NO5S2Si. The molecule has 0 aromatic rings. The number of β-lactam (4-membered cyclic amide) rings is 1. The van der Waals surface area contributed by atoms with Gasteiger partial charge in [-0.25, -0.2) is 9.00 Å². The minimum atomic E-state index is -2.03. The third-order valence-corrected chi connectivity index (χ3v) is 13.3. The maximum absolute atomic E-state index is 12.8. The third-order valence-electron chi connectivity index (χ3n) is 5.27. The Bertz CT molecular complexity index is 655. The summed E-state index contributed by atoms with van der Waals surface area (Å²) >= 11 is 0. The van der Waals surface area contributed by atoms with Crippen molar-refractivity contribution < 1.29 is 23.0 Å². The summed E-state index contributed by atoms with van der Waals surface area (Å²) in [7, 11) is -0.953. The number of hydrogen-bond acceptors (Lipinski definition) is 6. The first-order valence-electron chi connectivity index (χ1n) is 8.22. The van der Waals surface area contributed by atoms with E-state index >= 15 is 0 Å². The number of ether oxygens (including phenoxy) is 1. The number of amides is 1. The Hall–Kier alpha value is -0.643. The van der Waals surface area contributed by atoms with Crippen LogP contribution in [0.4, 0.5) is 0 Å². The third kappa shape index (κ3) is 3.48. The molecule has 0 aromatic carbocycles. The van der Waals surface area contributed by atoms with Crippen LogP contribution in [0.5, 0.6) is 0 Å². The summed E-state index contributed by atoms with van der Waals surface area (Å²) in [5.41, 5.74) is 0.116. The molecule has 0 spiro atoms. The first-order valence-corrected chi connectivity index (χ1v) is 13.7. The molecular weight excluding hydrogens is 378 g/mol. The van der Waals surface area contributed by atoms with E-state index in [1.807, 2.05) is 6.92 Å². The summed E-state index contributed by atoms with van der Waals surface area (Å²) in [5.74, 6) is -1.20. The van der Waals surface area contributed by atoms with Crippen LogP contribution in [0.2, 0.25) is 18.1 Å². The minimum Gasteiger partial charge on any atom is -0.464 e. The summed E-state index contributed by atoms with van der Waals surface area (Å²) < 4.78 is 23.5. The van der Waals surface area contributed by atoms with Crippen molar-refractivity contribution in [2.75, 3.05) is 7.11 Å². The van der Waals surface area contributed by atoms with Gasteiger partial charge in [-0.1, -0.05) is 20.8 Å². The van der Waals surface area contributed by atoms with Gasteiger partial charge in [-0.2, -0.15) is 0 Å². The number of carbonyl (C=O) groups is 2. The Morgan fingerprint density at radius 3 is 2.40 bits per heavy atom. The van der Waals surface area contributed by atoms with Crippen LogP contribution in [0.25, 0.3) is 0 Å². The van der Waals surface area contributed by atoms with Crippen LogP contribution in [0.1, 0.15) is 34.6 Å². The van der Waals surface area contributed by atoms with Gasteiger partial charge in [-0.3, -0.25) is 9.69 Å². The molecule has 1 fully saturated rings. The van der Waals surface area contributed by atoms with E-state index in [0.29, 0.717) is 4.91 Å². The monoisotopic (exact) mass is 405 g/mol. The molecule has 9 heteroatoms. The molecule has 0 aromatic heterocycles. The zero-order chi connectivity index (χ0) is 19.3. The van der Waals surface area contributed by atoms with Crippen LogP contribution in [0, 0.1) is 5.92 Å². The fourth-order valence-electron chi connectivity index (χ4n) is 2.72. The molecule has 0 saturated carbocycles. The molecule has 1 amide bonds. The summed E-state index contributed by atoms with van der Waals surface area (Å²) in [4.78, 5) is 26.6. The molecule has 4 atom stereocenters. The highest BCUT2D eigenvalue weighted by molar-refractivity contribution is 8.70. The number of fused-ring (bicyclic) bond motifs is 1. The Labute approximate surface area is 156 Å². The van der Waals surface area contributed by atoms with E-state index in [9.17, 15) is 13.8 Å². The molecule has 142 valence electrons. The SMILES string of the molecule is COC(=O)C1=C(C)S(=O)S[C@@H]2[C@@H]([C@@H](C)O[Si](C)(C)C(C)(C)C)C(=O)N12. The lowest BCUT2D eigenvalue weighted by Gasteiger charge is -2.52. The number of esters is 1. The topological polar surface area (TPSA) is 72.9 Å². The maximum atomic E-state index is 12.8. The van der Waals surface area contributed by atoms with Crippen LogP contribution < -0.4 is 0 Å². The number of hydrogen-bond donors (Lipinski definition) is 0. The lowest BCUT2D eigenvalue weighted by molar-refractivity contribution is -0.157. The van der Waals surface area contributed by atoms with Crippen LogP contribution in [-0.2, 0) is 28.6 Å². The quantitative estimate of drug-likeness (QED) is 0.310. The first-order chi connectivity index (χ1) is 11.3. The molecule has 25 heavy (non-hydrogen) atoms. The fraction of sp³-hybridized carbons (Fsp3) is 0.750. The minimum absolute atomic E-state index is 0.0317. The number of nitrogens with zero attached hydrogens (tertiary/aromatic N) is 1.